The van der Waals surface area contributed by atoms with Crippen LogP contribution in [0, 0.1) is 5.92 Å². The van der Waals surface area contributed by atoms with E-state index in [9.17, 15) is 19.8 Å². The second kappa shape index (κ2) is 13.7. The van der Waals surface area contributed by atoms with Crippen molar-refractivity contribution in [2.24, 2.45) is 5.92 Å². The van der Waals surface area contributed by atoms with Gasteiger partial charge in [0.15, 0.2) is 0 Å². The number of Topliss-reactive ketones (excluding diaryl/α,β-unsaturated/α-hetero) is 1. The fourth-order valence-electron chi connectivity index (χ4n) is 3.93. The Morgan fingerprint density at radius 1 is 1.29 bits per heavy atom. The molecule has 2 aromatic rings. The zero-order chi connectivity index (χ0) is 24.5. The molecule has 0 saturated heterocycles. The van der Waals surface area contributed by atoms with Crippen LogP contribution in [-0.4, -0.2) is 62.8 Å². The molecule has 8 heteroatoms. The van der Waals surface area contributed by atoms with Crippen LogP contribution < -0.4 is 0 Å². The first kappa shape index (κ1) is 27.3. The standard InChI is InChI=1S/C26H34O5S3/c1-17(2)31-25(30)16-32-12-5-13-33-26-21(22(28)15-23(26)29)11-9-19(27)8-10-20-14-18-6-3-4-7-24(18)34-20/h3-4,6-7,9,11,14,17,19,21-22,26-28H,5,8,10,12-13,15-16H2,1-2H3. The number of hydrogen-bond donors (Lipinski definition) is 2. The van der Waals surface area contributed by atoms with E-state index in [1.54, 1.807) is 29.2 Å². The maximum absolute atomic E-state index is 12.4. The van der Waals surface area contributed by atoms with Crippen molar-refractivity contribution in [3.05, 3.63) is 47.4 Å². The van der Waals surface area contributed by atoms with E-state index in [-0.39, 0.29) is 35.4 Å². The fourth-order valence-corrected chi connectivity index (χ4v) is 7.27. The second-order valence-electron chi connectivity index (χ2n) is 8.79. The molecule has 2 N–H and O–H groups in total. The predicted molar refractivity (Wildman–Crippen MR) is 144 cm³/mol. The van der Waals surface area contributed by atoms with Gasteiger partial charge in [0.05, 0.1) is 29.3 Å². The molecule has 0 aliphatic heterocycles. The summed E-state index contributed by atoms with van der Waals surface area (Å²) in [6.07, 6.45) is 4.60. The van der Waals surface area contributed by atoms with Crippen molar-refractivity contribution in [3.8, 4) is 0 Å². The molecule has 1 aromatic carbocycles. The first-order valence-electron chi connectivity index (χ1n) is 11.8. The molecule has 4 unspecified atom stereocenters. The molecule has 186 valence electrons. The van der Waals surface area contributed by atoms with Gasteiger partial charge in [0, 0.05) is 21.9 Å². The van der Waals surface area contributed by atoms with Crippen molar-refractivity contribution in [3.63, 3.8) is 0 Å². The largest absolute Gasteiger partial charge is 0.462 e. The number of rotatable bonds is 13. The highest BCUT2D eigenvalue weighted by Gasteiger charge is 2.40. The minimum Gasteiger partial charge on any atom is -0.462 e. The number of carbonyl (C=O) groups excluding carboxylic acids is 2. The zero-order valence-electron chi connectivity index (χ0n) is 19.7. The van der Waals surface area contributed by atoms with Crippen molar-refractivity contribution < 1.29 is 24.5 Å². The van der Waals surface area contributed by atoms with Gasteiger partial charge in [0.1, 0.15) is 5.78 Å². The zero-order valence-corrected chi connectivity index (χ0v) is 22.2. The molecule has 3 rings (SSSR count). The summed E-state index contributed by atoms with van der Waals surface area (Å²) < 4.78 is 6.37. The number of ether oxygens (including phenoxy) is 1. The Balaban J connectivity index is 1.40. The lowest BCUT2D eigenvalue weighted by Gasteiger charge is -2.17. The number of fused-ring (bicyclic) bond motifs is 1. The molecule has 1 aliphatic rings. The molecule has 5 nitrogen and oxygen atoms in total. The van der Waals surface area contributed by atoms with Crippen LogP contribution in [-0.2, 0) is 20.7 Å². The van der Waals surface area contributed by atoms with Crippen LogP contribution in [0.1, 0.15) is 38.0 Å². The van der Waals surface area contributed by atoms with Gasteiger partial charge in [-0.3, -0.25) is 9.59 Å². The molecular weight excluding hydrogens is 488 g/mol. The van der Waals surface area contributed by atoms with E-state index in [1.165, 1.54) is 26.7 Å². The van der Waals surface area contributed by atoms with Crippen LogP contribution in [0.5, 0.6) is 0 Å². The number of carbonyl (C=O) groups is 2. The van der Waals surface area contributed by atoms with Gasteiger partial charge < -0.3 is 14.9 Å². The Bertz CT molecular complexity index is 937. The van der Waals surface area contributed by atoms with E-state index in [4.69, 9.17) is 4.74 Å². The molecule has 0 amide bonds. The Kier molecular flexibility index (Phi) is 11.0. The fraction of sp³-hybridized carbons (Fsp3) is 0.538. The summed E-state index contributed by atoms with van der Waals surface area (Å²) in [6, 6.07) is 10.4. The maximum atomic E-state index is 12.4. The Hall–Kier alpha value is -1.32. The first-order valence-corrected chi connectivity index (χ1v) is 14.8. The summed E-state index contributed by atoms with van der Waals surface area (Å²) >= 11 is 4.86. The normalized spacial score (nSPS) is 21.7. The number of hydrogen-bond acceptors (Lipinski definition) is 8. The van der Waals surface area contributed by atoms with Gasteiger partial charge >= 0.3 is 5.97 Å². The average Bonchev–Trinajstić information content (AvgIpc) is 3.32. The van der Waals surface area contributed by atoms with E-state index in [0.717, 1.165) is 24.3 Å². The number of benzene rings is 1. The molecule has 1 aliphatic carbocycles. The predicted octanol–water partition coefficient (Wildman–Crippen LogP) is 4.88. The summed E-state index contributed by atoms with van der Waals surface area (Å²) in [5.41, 5.74) is 0. The van der Waals surface area contributed by atoms with E-state index in [2.05, 4.69) is 18.2 Å². The summed E-state index contributed by atoms with van der Waals surface area (Å²) in [4.78, 5) is 25.2. The topological polar surface area (TPSA) is 83.8 Å². The number of esters is 1. The van der Waals surface area contributed by atoms with Crippen LogP contribution in [0.25, 0.3) is 10.1 Å². The number of aliphatic hydroxyl groups excluding tert-OH is 2. The summed E-state index contributed by atoms with van der Waals surface area (Å²) in [5.74, 6) is 1.55. The molecule has 1 aromatic heterocycles. The molecule has 0 radical (unpaired) electrons. The van der Waals surface area contributed by atoms with E-state index < -0.39 is 12.2 Å². The highest BCUT2D eigenvalue weighted by molar-refractivity contribution is 8.01. The van der Waals surface area contributed by atoms with Gasteiger partial charge in [-0.2, -0.15) is 11.8 Å². The molecule has 0 spiro atoms. The first-order chi connectivity index (χ1) is 16.3. The Morgan fingerprint density at radius 2 is 2.09 bits per heavy atom. The molecule has 0 bridgehead atoms. The number of thiophene rings is 1. The van der Waals surface area contributed by atoms with Crippen LogP contribution in [0.4, 0.5) is 0 Å². The third kappa shape index (κ3) is 8.41. The van der Waals surface area contributed by atoms with Crippen molar-refractivity contribution >= 4 is 56.7 Å². The van der Waals surface area contributed by atoms with Gasteiger partial charge in [0.25, 0.3) is 0 Å². The van der Waals surface area contributed by atoms with E-state index >= 15 is 0 Å². The van der Waals surface area contributed by atoms with Crippen molar-refractivity contribution in [1.82, 2.24) is 0 Å². The number of thioether (sulfide) groups is 2. The second-order valence-corrected chi connectivity index (χ2v) is 12.3. The number of aliphatic hydroxyl groups is 2. The van der Waals surface area contributed by atoms with Crippen molar-refractivity contribution in [2.75, 3.05) is 17.3 Å². The molecule has 1 saturated carbocycles. The van der Waals surface area contributed by atoms with E-state index in [0.29, 0.717) is 12.2 Å². The minimum absolute atomic E-state index is 0.0695. The van der Waals surface area contributed by atoms with Crippen molar-refractivity contribution in [1.29, 1.82) is 0 Å². The van der Waals surface area contributed by atoms with Crippen LogP contribution in [0.2, 0.25) is 0 Å². The minimum atomic E-state index is -0.698. The Labute approximate surface area is 214 Å². The highest BCUT2D eigenvalue weighted by atomic mass is 32.2. The SMILES string of the molecule is CC(C)OC(=O)CSCCCSC1C(=O)CC(O)C1C=CC(O)CCc1cc2ccccc2s1. The smallest absolute Gasteiger partial charge is 0.316 e. The molecule has 1 heterocycles. The van der Waals surface area contributed by atoms with Crippen LogP contribution in [0.15, 0.2) is 42.5 Å². The van der Waals surface area contributed by atoms with Crippen LogP contribution >= 0.6 is 34.9 Å². The summed E-state index contributed by atoms with van der Waals surface area (Å²) in [6.45, 7) is 3.67. The molecule has 34 heavy (non-hydrogen) atoms. The summed E-state index contributed by atoms with van der Waals surface area (Å²) in [5, 5.41) is 21.8. The average molecular weight is 523 g/mol. The Morgan fingerprint density at radius 3 is 2.85 bits per heavy atom. The summed E-state index contributed by atoms with van der Waals surface area (Å²) in [7, 11) is 0. The quantitative estimate of drug-likeness (QED) is 0.220. The molecule has 4 atom stereocenters. The van der Waals surface area contributed by atoms with Gasteiger partial charge in [-0.1, -0.05) is 30.4 Å². The highest BCUT2D eigenvalue weighted by Crippen LogP contribution is 2.34. The van der Waals surface area contributed by atoms with Gasteiger partial charge in [0.2, 0.25) is 0 Å². The lowest BCUT2D eigenvalue weighted by atomic mass is 10.0. The number of aryl methyl sites for hydroxylation is 1. The monoisotopic (exact) mass is 522 g/mol. The van der Waals surface area contributed by atoms with Gasteiger partial charge in [-0.05, 0) is 62.1 Å². The van der Waals surface area contributed by atoms with Crippen LogP contribution in [0.3, 0.4) is 0 Å². The lowest BCUT2D eigenvalue weighted by Crippen LogP contribution is -2.22. The third-order valence-corrected chi connectivity index (χ3v) is 9.21. The van der Waals surface area contributed by atoms with Crippen molar-refractivity contribution in [2.45, 2.75) is 63.1 Å². The van der Waals surface area contributed by atoms with Gasteiger partial charge in [-0.15, -0.1) is 23.1 Å². The van der Waals surface area contributed by atoms with Gasteiger partial charge in [-0.25, -0.2) is 0 Å². The maximum Gasteiger partial charge on any atom is 0.316 e. The molecule has 1 fully saturated rings. The molecular formula is C26H34O5S3. The third-order valence-electron chi connectivity index (χ3n) is 5.56. The lowest BCUT2D eigenvalue weighted by molar-refractivity contribution is -0.144. The number of ketones is 1. The van der Waals surface area contributed by atoms with E-state index in [1.807, 2.05) is 32.1 Å².